The van der Waals surface area contributed by atoms with Gasteiger partial charge in [-0.3, -0.25) is 4.99 Å². The van der Waals surface area contributed by atoms with Crippen LogP contribution in [0.15, 0.2) is 22.5 Å². The van der Waals surface area contributed by atoms with Crippen LogP contribution in [0.4, 0.5) is 0 Å². The quantitative estimate of drug-likeness (QED) is 0.439. The van der Waals surface area contributed by atoms with Gasteiger partial charge in [-0.25, -0.2) is 8.42 Å². The Hall–Kier alpha value is -0.350. The van der Waals surface area contributed by atoms with E-state index in [0.29, 0.717) is 19.0 Å². The van der Waals surface area contributed by atoms with Crippen molar-refractivity contribution in [3.8, 4) is 0 Å². The lowest BCUT2D eigenvalue weighted by atomic mass is 10.5. The number of sulfone groups is 1. The first-order valence-corrected chi connectivity index (χ1v) is 8.10. The Morgan fingerprint density at radius 2 is 2.17 bits per heavy atom. The summed E-state index contributed by atoms with van der Waals surface area (Å²) in [5, 5.41) is 8.08. The molecule has 0 unspecified atom stereocenters. The molecule has 0 atom stereocenters. The maximum absolute atomic E-state index is 10.9. The third kappa shape index (κ3) is 7.88. The highest BCUT2D eigenvalue weighted by atomic mass is 127. The minimum Gasteiger partial charge on any atom is -0.355 e. The number of hydrogen-bond donors (Lipinski definition) is 2. The van der Waals surface area contributed by atoms with Crippen molar-refractivity contribution in [2.24, 2.45) is 4.99 Å². The number of aliphatic imine (C=N–C) groups is 1. The van der Waals surface area contributed by atoms with Crippen molar-refractivity contribution in [2.75, 3.05) is 25.6 Å². The second kappa shape index (κ2) is 8.70. The zero-order chi connectivity index (χ0) is 12.7. The summed E-state index contributed by atoms with van der Waals surface area (Å²) < 4.78 is 21.9. The highest BCUT2D eigenvalue weighted by molar-refractivity contribution is 14.0. The second-order valence-electron chi connectivity index (χ2n) is 3.56. The summed E-state index contributed by atoms with van der Waals surface area (Å²) in [6.45, 7) is 1.05. The van der Waals surface area contributed by atoms with E-state index in [0.717, 1.165) is 0 Å². The van der Waals surface area contributed by atoms with E-state index >= 15 is 0 Å². The summed E-state index contributed by atoms with van der Waals surface area (Å²) in [6.07, 6.45) is 1.22. The molecule has 1 rings (SSSR count). The van der Waals surface area contributed by atoms with Crippen LogP contribution in [0.25, 0.3) is 0 Å². The SMILES string of the molecule is CN=C(NCCS(C)(=O)=O)NCc1cccs1.I. The van der Waals surface area contributed by atoms with E-state index < -0.39 is 9.84 Å². The van der Waals surface area contributed by atoms with Crippen molar-refractivity contribution in [2.45, 2.75) is 6.54 Å². The summed E-state index contributed by atoms with van der Waals surface area (Å²) >= 11 is 1.66. The van der Waals surface area contributed by atoms with Crippen molar-refractivity contribution >= 4 is 51.1 Å². The first kappa shape index (κ1) is 17.6. The fraction of sp³-hybridized carbons (Fsp3) is 0.500. The molecule has 1 heterocycles. The zero-order valence-electron chi connectivity index (χ0n) is 10.3. The van der Waals surface area contributed by atoms with E-state index in [-0.39, 0.29) is 29.7 Å². The Morgan fingerprint density at radius 1 is 1.44 bits per heavy atom. The molecule has 18 heavy (non-hydrogen) atoms. The number of guanidine groups is 1. The minimum atomic E-state index is -2.93. The summed E-state index contributed by atoms with van der Waals surface area (Å²) in [7, 11) is -1.27. The van der Waals surface area contributed by atoms with Crippen LogP contribution in [0.2, 0.25) is 0 Å². The van der Waals surface area contributed by atoms with Crippen LogP contribution < -0.4 is 10.6 Å². The summed E-state index contributed by atoms with van der Waals surface area (Å²) in [6, 6.07) is 4.02. The molecule has 0 aliphatic rings. The third-order valence-electron chi connectivity index (χ3n) is 2.00. The van der Waals surface area contributed by atoms with Gasteiger partial charge in [-0.1, -0.05) is 6.07 Å². The van der Waals surface area contributed by atoms with Crippen LogP contribution in [0, 0.1) is 0 Å². The molecule has 0 bridgehead atoms. The Bertz CT molecular complexity index is 457. The van der Waals surface area contributed by atoms with Gasteiger partial charge >= 0.3 is 0 Å². The lowest BCUT2D eigenvalue weighted by Gasteiger charge is -2.10. The molecule has 1 aromatic heterocycles. The van der Waals surface area contributed by atoms with E-state index in [1.165, 1.54) is 11.1 Å². The number of rotatable bonds is 5. The van der Waals surface area contributed by atoms with Crippen LogP contribution in [-0.4, -0.2) is 40.0 Å². The van der Waals surface area contributed by atoms with Gasteiger partial charge in [0, 0.05) is 24.7 Å². The smallest absolute Gasteiger partial charge is 0.191 e. The average Bonchev–Trinajstić information content (AvgIpc) is 2.74. The predicted molar refractivity (Wildman–Crippen MR) is 87.6 cm³/mol. The van der Waals surface area contributed by atoms with Crippen LogP contribution in [0.5, 0.6) is 0 Å². The van der Waals surface area contributed by atoms with E-state index in [1.807, 2.05) is 17.5 Å². The van der Waals surface area contributed by atoms with Crippen LogP contribution in [-0.2, 0) is 16.4 Å². The van der Waals surface area contributed by atoms with E-state index in [4.69, 9.17) is 0 Å². The molecule has 1 aromatic rings. The number of nitrogens with one attached hydrogen (secondary N) is 2. The largest absolute Gasteiger partial charge is 0.355 e. The molecule has 0 aromatic carbocycles. The maximum atomic E-state index is 10.9. The van der Waals surface area contributed by atoms with Gasteiger partial charge in [-0.15, -0.1) is 35.3 Å². The molecule has 0 fully saturated rings. The molecule has 104 valence electrons. The molecule has 5 nitrogen and oxygen atoms in total. The average molecular weight is 403 g/mol. The Morgan fingerprint density at radius 3 is 2.67 bits per heavy atom. The fourth-order valence-corrected chi connectivity index (χ4v) is 2.28. The van der Waals surface area contributed by atoms with Crippen molar-refractivity contribution in [3.05, 3.63) is 22.4 Å². The summed E-state index contributed by atoms with van der Waals surface area (Å²) in [4.78, 5) is 5.22. The number of nitrogens with zero attached hydrogens (tertiary/aromatic N) is 1. The maximum Gasteiger partial charge on any atom is 0.191 e. The molecule has 0 saturated heterocycles. The molecule has 0 aliphatic carbocycles. The Balaban J connectivity index is 0.00000289. The van der Waals surface area contributed by atoms with Gasteiger partial charge in [0.2, 0.25) is 0 Å². The standard InChI is InChI=1S/C10H17N3O2S2.HI/c1-11-10(12-5-7-17(2,14)15)13-8-9-4-3-6-16-9;/h3-4,6H,5,7-8H2,1-2H3,(H2,11,12,13);1H. The topological polar surface area (TPSA) is 70.6 Å². The lowest BCUT2D eigenvalue weighted by Crippen LogP contribution is -2.38. The Kier molecular flexibility index (Phi) is 8.53. The molecule has 0 aliphatic heterocycles. The minimum absolute atomic E-state index is 0. The summed E-state index contributed by atoms with van der Waals surface area (Å²) in [5.74, 6) is 0.717. The highest BCUT2D eigenvalue weighted by Crippen LogP contribution is 2.06. The molecular formula is C10H18IN3O2S2. The molecular weight excluding hydrogens is 385 g/mol. The predicted octanol–water partition coefficient (Wildman–Crippen LogP) is 1.08. The highest BCUT2D eigenvalue weighted by Gasteiger charge is 2.03. The van der Waals surface area contributed by atoms with Gasteiger partial charge < -0.3 is 10.6 Å². The van der Waals surface area contributed by atoms with Gasteiger partial charge in [0.1, 0.15) is 9.84 Å². The number of hydrogen-bond acceptors (Lipinski definition) is 4. The van der Waals surface area contributed by atoms with E-state index in [2.05, 4.69) is 15.6 Å². The zero-order valence-corrected chi connectivity index (χ0v) is 14.3. The van der Waals surface area contributed by atoms with Gasteiger partial charge in [0.25, 0.3) is 0 Å². The van der Waals surface area contributed by atoms with Gasteiger partial charge in [-0.05, 0) is 11.4 Å². The van der Waals surface area contributed by atoms with Crippen molar-refractivity contribution < 1.29 is 8.42 Å². The van der Waals surface area contributed by atoms with Crippen molar-refractivity contribution in [3.63, 3.8) is 0 Å². The Labute approximate surface area is 129 Å². The molecule has 2 N–H and O–H groups in total. The van der Waals surface area contributed by atoms with Gasteiger partial charge in [0.15, 0.2) is 5.96 Å². The molecule has 0 spiro atoms. The molecule has 0 radical (unpaired) electrons. The first-order chi connectivity index (χ1) is 8.01. The molecule has 8 heteroatoms. The molecule has 0 saturated carbocycles. The van der Waals surface area contributed by atoms with Gasteiger partial charge in [0.05, 0.1) is 12.3 Å². The van der Waals surface area contributed by atoms with E-state index in [9.17, 15) is 8.42 Å². The van der Waals surface area contributed by atoms with Crippen molar-refractivity contribution in [1.29, 1.82) is 0 Å². The number of halogens is 1. The van der Waals surface area contributed by atoms with Crippen LogP contribution in [0.1, 0.15) is 4.88 Å². The van der Waals surface area contributed by atoms with Crippen LogP contribution >= 0.6 is 35.3 Å². The lowest BCUT2D eigenvalue weighted by molar-refractivity contribution is 0.600. The second-order valence-corrected chi connectivity index (χ2v) is 6.85. The third-order valence-corrected chi connectivity index (χ3v) is 3.82. The fourth-order valence-electron chi connectivity index (χ4n) is 1.16. The van der Waals surface area contributed by atoms with Crippen LogP contribution in [0.3, 0.4) is 0 Å². The first-order valence-electron chi connectivity index (χ1n) is 5.16. The monoisotopic (exact) mass is 403 g/mol. The summed E-state index contributed by atoms with van der Waals surface area (Å²) in [5.41, 5.74) is 0. The molecule has 0 amide bonds. The van der Waals surface area contributed by atoms with Gasteiger partial charge in [-0.2, -0.15) is 0 Å². The normalized spacial score (nSPS) is 11.8. The van der Waals surface area contributed by atoms with Crippen molar-refractivity contribution in [1.82, 2.24) is 10.6 Å². The van der Waals surface area contributed by atoms with E-state index in [1.54, 1.807) is 18.4 Å². The number of thiophene rings is 1.